The van der Waals surface area contributed by atoms with E-state index in [0.717, 1.165) is 51.7 Å². The molecule has 1 aliphatic carbocycles. The van der Waals surface area contributed by atoms with Crippen molar-refractivity contribution in [3.05, 3.63) is 44.2 Å². The van der Waals surface area contributed by atoms with Gasteiger partial charge in [0.15, 0.2) is 0 Å². The highest BCUT2D eigenvalue weighted by Crippen LogP contribution is 2.34. The molecule has 138 valence electrons. The molecule has 3 aromatic rings. The van der Waals surface area contributed by atoms with Crippen molar-refractivity contribution in [2.75, 3.05) is 6.61 Å². The SMILES string of the molecule is O=c1scc(O)n1Cc1ccc(OCCC2CCCCC2)c2ccsc12. The van der Waals surface area contributed by atoms with Crippen LogP contribution in [0.5, 0.6) is 11.6 Å². The Hall–Kier alpha value is -1.79. The topological polar surface area (TPSA) is 51.5 Å². The quantitative estimate of drug-likeness (QED) is 0.628. The highest BCUT2D eigenvalue weighted by atomic mass is 32.1. The van der Waals surface area contributed by atoms with Gasteiger partial charge in [0.2, 0.25) is 5.88 Å². The molecular formula is C20H23NO3S2. The highest BCUT2D eigenvalue weighted by molar-refractivity contribution is 7.17. The fraction of sp³-hybridized carbons (Fsp3) is 0.450. The molecule has 0 aliphatic heterocycles. The van der Waals surface area contributed by atoms with Gasteiger partial charge in [-0.1, -0.05) is 49.5 Å². The van der Waals surface area contributed by atoms with Crippen LogP contribution in [0.3, 0.4) is 0 Å². The average Bonchev–Trinajstić information content (AvgIpc) is 3.27. The molecule has 2 heterocycles. The summed E-state index contributed by atoms with van der Waals surface area (Å²) in [6, 6.07) is 6.09. The zero-order valence-electron chi connectivity index (χ0n) is 14.6. The van der Waals surface area contributed by atoms with Gasteiger partial charge in [-0.3, -0.25) is 9.36 Å². The number of ether oxygens (including phenoxy) is 1. The smallest absolute Gasteiger partial charge is 0.310 e. The number of aromatic nitrogens is 1. The molecule has 1 saturated carbocycles. The van der Waals surface area contributed by atoms with Crippen LogP contribution >= 0.6 is 22.7 Å². The molecule has 0 radical (unpaired) electrons. The summed E-state index contributed by atoms with van der Waals surface area (Å²) in [7, 11) is 0. The van der Waals surface area contributed by atoms with Gasteiger partial charge in [0.25, 0.3) is 0 Å². The predicted octanol–water partition coefficient (Wildman–Crippen LogP) is 5.23. The fourth-order valence-electron chi connectivity index (χ4n) is 3.80. The number of thiazole rings is 1. The molecule has 0 bridgehead atoms. The Morgan fingerprint density at radius 1 is 1.15 bits per heavy atom. The lowest BCUT2D eigenvalue weighted by molar-refractivity contribution is 0.248. The molecule has 0 unspecified atom stereocenters. The van der Waals surface area contributed by atoms with Crippen LogP contribution in [0.15, 0.2) is 33.8 Å². The van der Waals surface area contributed by atoms with Crippen molar-refractivity contribution in [1.82, 2.24) is 4.57 Å². The third-order valence-corrected chi connectivity index (χ3v) is 7.00. The molecule has 4 rings (SSSR count). The molecular weight excluding hydrogens is 366 g/mol. The lowest BCUT2D eigenvalue weighted by atomic mass is 9.87. The second-order valence-electron chi connectivity index (χ2n) is 6.97. The maximum Gasteiger partial charge on any atom is 0.310 e. The second kappa shape index (κ2) is 7.84. The minimum Gasteiger partial charge on any atom is -0.494 e. The van der Waals surface area contributed by atoms with Crippen LogP contribution in [0.1, 0.15) is 44.1 Å². The van der Waals surface area contributed by atoms with Crippen molar-refractivity contribution in [3.63, 3.8) is 0 Å². The fourth-order valence-corrected chi connectivity index (χ4v) is 5.33. The van der Waals surface area contributed by atoms with Crippen LogP contribution in [0, 0.1) is 5.92 Å². The third kappa shape index (κ3) is 3.67. The predicted molar refractivity (Wildman–Crippen MR) is 108 cm³/mol. The van der Waals surface area contributed by atoms with Gasteiger partial charge in [-0.15, -0.1) is 11.3 Å². The number of rotatable bonds is 6. The average molecular weight is 390 g/mol. The standard InChI is InChI=1S/C20H23NO3S2/c22-18-13-26-20(23)21(18)12-15-6-7-17(16-9-11-25-19(15)16)24-10-8-14-4-2-1-3-5-14/h6-7,9,11,13-14,22H,1-5,8,10,12H2. The van der Waals surface area contributed by atoms with Gasteiger partial charge in [-0.25, -0.2) is 0 Å². The third-order valence-electron chi connectivity index (χ3n) is 5.26. The monoisotopic (exact) mass is 389 g/mol. The van der Waals surface area contributed by atoms with Crippen LogP contribution in [0.25, 0.3) is 10.1 Å². The summed E-state index contributed by atoms with van der Waals surface area (Å²) in [6.45, 7) is 1.15. The molecule has 26 heavy (non-hydrogen) atoms. The van der Waals surface area contributed by atoms with E-state index in [1.54, 1.807) is 11.3 Å². The Morgan fingerprint density at radius 2 is 2.00 bits per heavy atom. The summed E-state index contributed by atoms with van der Waals surface area (Å²) in [5, 5.41) is 14.5. The maximum atomic E-state index is 11.9. The number of nitrogens with zero attached hydrogens (tertiary/aromatic N) is 1. The second-order valence-corrected chi connectivity index (χ2v) is 8.71. The van der Waals surface area contributed by atoms with Gasteiger partial charge in [-0.2, -0.15) is 0 Å². The lowest BCUT2D eigenvalue weighted by Gasteiger charge is -2.21. The summed E-state index contributed by atoms with van der Waals surface area (Å²) < 4.78 is 8.64. The normalized spacial score (nSPS) is 15.5. The van der Waals surface area contributed by atoms with Crippen molar-refractivity contribution in [2.24, 2.45) is 5.92 Å². The van der Waals surface area contributed by atoms with Crippen LogP contribution < -0.4 is 9.61 Å². The van der Waals surface area contributed by atoms with Gasteiger partial charge in [-0.05, 0) is 35.4 Å². The van der Waals surface area contributed by atoms with E-state index < -0.39 is 0 Å². The Bertz CT molecular complexity index is 934. The van der Waals surface area contributed by atoms with Gasteiger partial charge >= 0.3 is 4.87 Å². The van der Waals surface area contributed by atoms with Crippen LogP contribution in [0.2, 0.25) is 0 Å². The van der Waals surface area contributed by atoms with Crippen molar-refractivity contribution < 1.29 is 9.84 Å². The lowest BCUT2D eigenvalue weighted by Crippen LogP contribution is -2.13. The summed E-state index contributed by atoms with van der Waals surface area (Å²) >= 11 is 2.67. The molecule has 6 heteroatoms. The molecule has 4 nitrogen and oxygen atoms in total. The first-order chi connectivity index (χ1) is 12.7. The van der Waals surface area contributed by atoms with E-state index in [4.69, 9.17) is 4.74 Å². The van der Waals surface area contributed by atoms with Crippen molar-refractivity contribution in [2.45, 2.75) is 45.1 Å². The first-order valence-corrected chi connectivity index (χ1v) is 11.0. The minimum absolute atomic E-state index is 0.0255. The van der Waals surface area contributed by atoms with Gasteiger partial charge in [0.05, 0.1) is 18.5 Å². The van der Waals surface area contributed by atoms with Gasteiger partial charge in [0, 0.05) is 10.1 Å². The Morgan fingerprint density at radius 3 is 2.77 bits per heavy atom. The Labute approximate surface area is 160 Å². The highest BCUT2D eigenvalue weighted by Gasteiger charge is 2.15. The van der Waals surface area contributed by atoms with E-state index in [0.29, 0.717) is 6.54 Å². The summed E-state index contributed by atoms with van der Waals surface area (Å²) in [4.78, 5) is 11.7. The molecule has 2 aromatic heterocycles. The first-order valence-electron chi connectivity index (χ1n) is 9.21. The zero-order valence-corrected chi connectivity index (χ0v) is 16.3. The summed E-state index contributed by atoms with van der Waals surface area (Å²) in [6.07, 6.45) is 7.93. The number of hydrogen-bond acceptors (Lipinski definition) is 5. The molecule has 0 spiro atoms. The number of benzene rings is 1. The molecule has 1 fully saturated rings. The van der Waals surface area contributed by atoms with E-state index in [-0.39, 0.29) is 10.8 Å². The van der Waals surface area contributed by atoms with Crippen molar-refractivity contribution in [1.29, 1.82) is 0 Å². The largest absolute Gasteiger partial charge is 0.494 e. The minimum atomic E-state index is -0.139. The van der Waals surface area contributed by atoms with Crippen molar-refractivity contribution >= 4 is 32.8 Å². The number of fused-ring (bicyclic) bond motifs is 1. The molecule has 0 amide bonds. The van der Waals surface area contributed by atoms with E-state index in [2.05, 4.69) is 11.4 Å². The number of hydrogen-bond donors (Lipinski definition) is 1. The van der Waals surface area contributed by atoms with Gasteiger partial charge < -0.3 is 9.84 Å². The van der Waals surface area contributed by atoms with E-state index in [1.807, 2.05) is 12.1 Å². The van der Waals surface area contributed by atoms with Crippen LogP contribution in [0.4, 0.5) is 0 Å². The molecule has 1 aliphatic rings. The molecule has 0 atom stereocenters. The molecule has 1 N–H and O–H groups in total. The number of thiophene rings is 1. The van der Waals surface area contributed by atoms with E-state index in [9.17, 15) is 9.90 Å². The first kappa shape index (κ1) is 17.6. The van der Waals surface area contributed by atoms with Crippen LogP contribution in [-0.2, 0) is 6.54 Å². The molecule has 1 aromatic carbocycles. The van der Waals surface area contributed by atoms with Crippen molar-refractivity contribution in [3.8, 4) is 11.6 Å². The van der Waals surface area contributed by atoms with E-state index >= 15 is 0 Å². The maximum absolute atomic E-state index is 11.9. The van der Waals surface area contributed by atoms with Crippen LogP contribution in [-0.4, -0.2) is 16.3 Å². The van der Waals surface area contributed by atoms with E-state index in [1.165, 1.54) is 42.1 Å². The Balaban J connectivity index is 1.49. The number of aromatic hydroxyl groups is 1. The summed E-state index contributed by atoms with van der Waals surface area (Å²) in [5.41, 5.74) is 1.03. The van der Waals surface area contributed by atoms with Gasteiger partial charge in [0.1, 0.15) is 5.75 Å². The Kier molecular flexibility index (Phi) is 5.31. The molecule has 0 saturated heterocycles. The summed E-state index contributed by atoms with van der Waals surface area (Å²) in [5.74, 6) is 1.76. The zero-order chi connectivity index (χ0) is 17.9.